The molecule has 4 nitrogen and oxygen atoms in total. The van der Waals surface area contributed by atoms with Gasteiger partial charge in [-0.25, -0.2) is 5.01 Å². The number of phenolic OH excluding ortho intramolecular Hbond substituents is 1. The molecule has 5 rings (SSSR count). The minimum atomic E-state index is -0.292. The van der Waals surface area contributed by atoms with E-state index in [-0.39, 0.29) is 17.7 Å². The van der Waals surface area contributed by atoms with Crippen LogP contribution in [0.3, 0.4) is 0 Å². The lowest BCUT2D eigenvalue weighted by atomic mass is 10.0. The van der Waals surface area contributed by atoms with Crippen LogP contribution >= 0.6 is 0 Å². The molecule has 146 valence electrons. The second kappa shape index (κ2) is 7.41. The number of hydrogen-bond acceptors (Lipinski definition) is 3. The standard InChI is InChI=1S/C26H20N2O2/c29-25-21-14-8-7-9-18(21)15-16-22(25)23-17-24(19-10-3-1-4-11-19)28(27-23)26(30)20-12-5-2-6-13-20/h1-17,24,27,29H/t24-/m1/s1. The van der Waals surface area contributed by atoms with Gasteiger partial charge in [0.25, 0.3) is 5.91 Å². The van der Waals surface area contributed by atoms with Gasteiger partial charge in [0.15, 0.2) is 0 Å². The Hall–Kier alpha value is -4.05. The summed E-state index contributed by atoms with van der Waals surface area (Å²) in [5, 5.41) is 14.3. The van der Waals surface area contributed by atoms with E-state index >= 15 is 0 Å². The van der Waals surface area contributed by atoms with Gasteiger partial charge in [-0.15, -0.1) is 0 Å². The second-order valence-electron chi connectivity index (χ2n) is 7.27. The third-order valence-electron chi connectivity index (χ3n) is 5.42. The van der Waals surface area contributed by atoms with Crippen LogP contribution in [0.5, 0.6) is 5.75 Å². The molecule has 0 aliphatic carbocycles. The van der Waals surface area contributed by atoms with E-state index in [4.69, 9.17) is 0 Å². The van der Waals surface area contributed by atoms with E-state index in [2.05, 4.69) is 5.43 Å². The second-order valence-corrected chi connectivity index (χ2v) is 7.27. The third-order valence-corrected chi connectivity index (χ3v) is 5.42. The average molecular weight is 392 g/mol. The molecule has 30 heavy (non-hydrogen) atoms. The normalized spacial score (nSPS) is 15.7. The molecule has 4 heteroatoms. The maximum absolute atomic E-state index is 13.3. The Morgan fingerprint density at radius 2 is 1.47 bits per heavy atom. The highest BCUT2D eigenvalue weighted by Gasteiger charge is 2.32. The minimum absolute atomic E-state index is 0.129. The van der Waals surface area contributed by atoms with Crippen molar-refractivity contribution in [1.29, 1.82) is 0 Å². The van der Waals surface area contributed by atoms with Crippen LogP contribution < -0.4 is 5.43 Å². The molecule has 0 saturated carbocycles. The Morgan fingerprint density at radius 3 is 2.23 bits per heavy atom. The monoisotopic (exact) mass is 392 g/mol. The third kappa shape index (κ3) is 3.08. The molecule has 2 N–H and O–H groups in total. The Balaban J connectivity index is 1.59. The van der Waals surface area contributed by atoms with Gasteiger partial charge in [0.05, 0.1) is 11.7 Å². The van der Waals surface area contributed by atoms with Gasteiger partial charge in [0.1, 0.15) is 5.75 Å². The first-order valence-corrected chi connectivity index (χ1v) is 9.85. The van der Waals surface area contributed by atoms with E-state index in [0.717, 1.165) is 16.3 Å². The number of hydrogen-bond donors (Lipinski definition) is 2. The molecule has 1 aliphatic heterocycles. The molecule has 0 unspecified atom stereocenters. The van der Waals surface area contributed by atoms with Crippen molar-refractivity contribution in [3.63, 3.8) is 0 Å². The molecular weight excluding hydrogens is 372 g/mol. The van der Waals surface area contributed by atoms with Crippen LogP contribution in [0.15, 0.2) is 103 Å². The summed E-state index contributed by atoms with van der Waals surface area (Å²) in [7, 11) is 0. The van der Waals surface area contributed by atoms with Crippen molar-refractivity contribution in [2.45, 2.75) is 6.04 Å². The van der Waals surface area contributed by atoms with Crippen LogP contribution in [0.2, 0.25) is 0 Å². The molecule has 4 aromatic rings. The summed E-state index contributed by atoms with van der Waals surface area (Å²) in [6.07, 6.45) is 1.99. The molecule has 1 atom stereocenters. The van der Waals surface area contributed by atoms with Gasteiger partial charge in [-0.05, 0) is 35.2 Å². The highest BCUT2D eigenvalue weighted by molar-refractivity contribution is 5.97. The lowest BCUT2D eigenvalue weighted by Crippen LogP contribution is -2.39. The summed E-state index contributed by atoms with van der Waals surface area (Å²) in [6, 6.07) is 30.3. The van der Waals surface area contributed by atoms with E-state index in [9.17, 15) is 9.90 Å². The number of aromatic hydroxyl groups is 1. The van der Waals surface area contributed by atoms with Gasteiger partial charge in [0.2, 0.25) is 0 Å². The van der Waals surface area contributed by atoms with Crippen molar-refractivity contribution >= 4 is 22.4 Å². The summed E-state index contributed by atoms with van der Waals surface area (Å²) in [5.41, 5.74) is 6.20. The molecular formula is C26H20N2O2. The van der Waals surface area contributed by atoms with E-state index in [1.54, 1.807) is 17.1 Å². The molecule has 0 saturated heterocycles. The lowest BCUT2D eigenvalue weighted by molar-refractivity contribution is 0.0672. The molecule has 1 amide bonds. The first-order valence-electron chi connectivity index (χ1n) is 9.85. The molecule has 0 radical (unpaired) electrons. The van der Waals surface area contributed by atoms with Crippen molar-refractivity contribution in [2.75, 3.05) is 0 Å². The number of amides is 1. The van der Waals surface area contributed by atoms with Crippen LogP contribution in [0.25, 0.3) is 16.5 Å². The number of benzene rings is 4. The highest BCUT2D eigenvalue weighted by atomic mass is 16.3. The van der Waals surface area contributed by atoms with Crippen LogP contribution in [0.4, 0.5) is 0 Å². The van der Waals surface area contributed by atoms with E-state index in [1.165, 1.54) is 0 Å². The minimum Gasteiger partial charge on any atom is -0.507 e. The zero-order valence-electron chi connectivity index (χ0n) is 16.2. The van der Waals surface area contributed by atoms with E-state index in [0.29, 0.717) is 16.8 Å². The first kappa shape index (κ1) is 18.0. The predicted molar refractivity (Wildman–Crippen MR) is 119 cm³/mol. The number of carbonyl (C=O) groups excluding carboxylic acids is 1. The maximum Gasteiger partial charge on any atom is 0.273 e. The van der Waals surface area contributed by atoms with Gasteiger partial charge in [0, 0.05) is 16.5 Å². The number of nitrogens with one attached hydrogen (secondary N) is 1. The molecule has 1 aliphatic rings. The molecule has 4 aromatic carbocycles. The van der Waals surface area contributed by atoms with Crippen molar-refractivity contribution in [1.82, 2.24) is 10.4 Å². The van der Waals surface area contributed by atoms with Crippen LogP contribution in [0.1, 0.15) is 27.5 Å². The lowest BCUT2D eigenvalue weighted by Gasteiger charge is -2.25. The van der Waals surface area contributed by atoms with E-state index in [1.807, 2.05) is 91.0 Å². The largest absolute Gasteiger partial charge is 0.507 e. The van der Waals surface area contributed by atoms with Crippen LogP contribution in [-0.4, -0.2) is 16.0 Å². The van der Waals surface area contributed by atoms with Crippen molar-refractivity contribution in [3.05, 3.63) is 120 Å². The van der Waals surface area contributed by atoms with Gasteiger partial charge < -0.3 is 5.11 Å². The van der Waals surface area contributed by atoms with Crippen molar-refractivity contribution in [3.8, 4) is 5.75 Å². The number of nitrogens with zero attached hydrogens (tertiary/aromatic N) is 1. The summed E-state index contributed by atoms with van der Waals surface area (Å²) in [4.78, 5) is 13.3. The van der Waals surface area contributed by atoms with Gasteiger partial charge in [-0.3, -0.25) is 10.2 Å². The van der Waals surface area contributed by atoms with Crippen LogP contribution in [0, 0.1) is 0 Å². The molecule has 0 fully saturated rings. The zero-order valence-corrected chi connectivity index (χ0v) is 16.2. The molecule has 0 bridgehead atoms. The fourth-order valence-electron chi connectivity index (χ4n) is 3.88. The summed E-state index contributed by atoms with van der Waals surface area (Å²) < 4.78 is 0. The zero-order chi connectivity index (χ0) is 20.5. The highest BCUT2D eigenvalue weighted by Crippen LogP contribution is 2.38. The van der Waals surface area contributed by atoms with Crippen LogP contribution in [-0.2, 0) is 0 Å². The number of hydrazine groups is 1. The number of carbonyl (C=O) groups is 1. The Morgan fingerprint density at radius 1 is 0.800 bits per heavy atom. The smallest absolute Gasteiger partial charge is 0.273 e. The molecule has 1 heterocycles. The first-order chi connectivity index (χ1) is 14.7. The molecule has 0 spiro atoms. The van der Waals surface area contributed by atoms with Crippen molar-refractivity contribution in [2.24, 2.45) is 0 Å². The fourth-order valence-corrected chi connectivity index (χ4v) is 3.88. The Kier molecular flexibility index (Phi) is 4.45. The predicted octanol–water partition coefficient (Wildman–Crippen LogP) is 5.29. The SMILES string of the molecule is O=C(c1ccccc1)N1NC(c2ccc3ccccc3c2O)=C[C@@H]1c1ccccc1. The Bertz CT molecular complexity index is 1250. The van der Waals surface area contributed by atoms with Crippen molar-refractivity contribution < 1.29 is 9.90 Å². The van der Waals surface area contributed by atoms with Gasteiger partial charge in [-0.1, -0.05) is 78.9 Å². The quantitative estimate of drug-likeness (QED) is 0.498. The summed E-state index contributed by atoms with van der Waals surface area (Å²) in [6.45, 7) is 0. The van der Waals surface area contributed by atoms with Gasteiger partial charge >= 0.3 is 0 Å². The summed E-state index contributed by atoms with van der Waals surface area (Å²) in [5.74, 6) is 0.0728. The number of phenols is 1. The van der Waals surface area contributed by atoms with E-state index < -0.39 is 0 Å². The number of fused-ring (bicyclic) bond motifs is 1. The summed E-state index contributed by atoms with van der Waals surface area (Å²) >= 11 is 0. The number of rotatable bonds is 3. The fraction of sp³-hybridized carbons (Fsp3) is 0.0385. The maximum atomic E-state index is 13.3. The topological polar surface area (TPSA) is 52.6 Å². The average Bonchev–Trinajstić information content (AvgIpc) is 3.25. The van der Waals surface area contributed by atoms with Gasteiger partial charge in [-0.2, -0.15) is 0 Å². The molecule has 0 aromatic heterocycles. The Labute approximate surface area is 174 Å².